The second-order valence-electron chi connectivity index (χ2n) is 7.09. The van der Waals surface area contributed by atoms with Crippen molar-refractivity contribution in [2.45, 2.75) is 37.4 Å². The van der Waals surface area contributed by atoms with Crippen LogP contribution in [-0.2, 0) is 11.2 Å². The largest absolute Gasteiger partial charge is 0.388 e. The molecule has 0 bridgehead atoms. The van der Waals surface area contributed by atoms with Gasteiger partial charge in [-0.1, -0.05) is 23.7 Å². The van der Waals surface area contributed by atoms with E-state index in [2.05, 4.69) is 5.32 Å². The molecule has 1 heterocycles. The predicted molar refractivity (Wildman–Crippen MR) is 92.9 cm³/mol. The van der Waals surface area contributed by atoms with Crippen LogP contribution in [-0.4, -0.2) is 58.9 Å². The molecule has 1 aliphatic carbocycles. The molecule has 1 aliphatic heterocycles. The van der Waals surface area contributed by atoms with Crippen LogP contribution in [0.25, 0.3) is 0 Å². The number of aliphatic hydroxyl groups is 2. The van der Waals surface area contributed by atoms with Crippen molar-refractivity contribution in [3.8, 4) is 0 Å². The van der Waals surface area contributed by atoms with Crippen molar-refractivity contribution in [3.63, 3.8) is 0 Å². The number of aliphatic hydroxyl groups excluding tert-OH is 1. The molecule has 3 rings (SSSR count). The van der Waals surface area contributed by atoms with Crippen molar-refractivity contribution in [1.82, 2.24) is 10.2 Å². The van der Waals surface area contributed by atoms with Crippen molar-refractivity contribution in [2.24, 2.45) is 5.92 Å². The molecule has 2 atom stereocenters. The molecule has 0 unspecified atom stereocenters. The van der Waals surface area contributed by atoms with Gasteiger partial charge in [-0.15, -0.1) is 0 Å². The van der Waals surface area contributed by atoms with E-state index in [1.165, 1.54) is 12.8 Å². The molecule has 1 saturated carbocycles. The predicted octanol–water partition coefficient (Wildman–Crippen LogP) is 1.21. The Bertz CT molecular complexity index is 576. The van der Waals surface area contributed by atoms with Gasteiger partial charge in [0.15, 0.2) is 0 Å². The molecular formula is C18H25ClN2O3. The van der Waals surface area contributed by atoms with Crippen LogP contribution >= 0.6 is 11.6 Å². The summed E-state index contributed by atoms with van der Waals surface area (Å²) in [5, 5.41) is 24.9. The van der Waals surface area contributed by atoms with Gasteiger partial charge in [-0.05, 0) is 49.4 Å². The van der Waals surface area contributed by atoms with E-state index in [1.54, 1.807) is 17.0 Å². The highest BCUT2D eigenvalue weighted by atomic mass is 35.5. The Balaban J connectivity index is 1.49. The summed E-state index contributed by atoms with van der Waals surface area (Å²) in [6.07, 6.45) is 2.25. The first-order valence-electron chi connectivity index (χ1n) is 8.60. The number of hydrogen-bond acceptors (Lipinski definition) is 4. The highest BCUT2D eigenvalue weighted by Gasteiger charge is 2.41. The van der Waals surface area contributed by atoms with Crippen LogP contribution in [0.4, 0.5) is 0 Å². The number of amides is 1. The van der Waals surface area contributed by atoms with Gasteiger partial charge < -0.3 is 20.4 Å². The Morgan fingerprint density at radius 3 is 2.67 bits per heavy atom. The summed E-state index contributed by atoms with van der Waals surface area (Å²) in [5.74, 6) is 0.691. The maximum absolute atomic E-state index is 12.4. The molecule has 0 radical (unpaired) electrons. The van der Waals surface area contributed by atoms with Crippen molar-refractivity contribution < 1.29 is 15.0 Å². The van der Waals surface area contributed by atoms with Crippen LogP contribution in [0.15, 0.2) is 24.3 Å². The second-order valence-corrected chi connectivity index (χ2v) is 7.52. The van der Waals surface area contributed by atoms with Gasteiger partial charge in [-0.3, -0.25) is 4.79 Å². The Kier molecular flexibility index (Phi) is 5.45. The molecular weight excluding hydrogens is 328 g/mol. The van der Waals surface area contributed by atoms with E-state index in [4.69, 9.17) is 11.6 Å². The SMILES string of the molecule is O=C(Cc1ccc(Cl)cc1)N1CC[C@](O)(CNCC2CC2)[C@@H](O)C1. The average molecular weight is 353 g/mol. The van der Waals surface area contributed by atoms with Crippen LogP contribution in [0.3, 0.4) is 0 Å². The monoisotopic (exact) mass is 352 g/mol. The first-order valence-corrected chi connectivity index (χ1v) is 8.97. The van der Waals surface area contributed by atoms with E-state index in [0.29, 0.717) is 24.5 Å². The zero-order valence-electron chi connectivity index (χ0n) is 13.7. The first kappa shape index (κ1) is 17.7. The number of likely N-dealkylation sites (tertiary alicyclic amines) is 1. The zero-order valence-corrected chi connectivity index (χ0v) is 14.5. The molecule has 24 heavy (non-hydrogen) atoms. The lowest BCUT2D eigenvalue weighted by atomic mass is 9.88. The van der Waals surface area contributed by atoms with Gasteiger partial charge in [-0.25, -0.2) is 0 Å². The van der Waals surface area contributed by atoms with Gasteiger partial charge in [0.2, 0.25) is 5.91 Å². The van der Waals surface area contributed by atoms with Gasteiger partial charge in [-0.2, -0.15) is 0 Å². The van der Waals surface area contributed by atoms with E-state index in [-0.39, 0.29) is 18.9 Å². The number of benzene rings is 1. The van der Waals surface area contributed by atoms with Gasteiger partial charge in [0.1, 0.15) is 11.7 Å². The Morgan fingerprint density at radius 2 is 2.04 bits per heavy atom. The Morgan fingerprint density at radius 1 is 1.33 bits per heavy atom. The molecule has 5 nitrogen and oxygen atoms in total. The molecule has 132 valence electrons. The fourth-order valence-corrected chi connectivity index (χ4v) is 3.23. The number of β-amino-alcohol motifs (C(OH)–C–C–N with tert-alkyl or cyclic N) is 1. The fraction of sp³-hybridized carbons (Fsp3) is 0.611. The minimum absolute atomic E-state index is 0.0376. The molecule has 1 amide bonds. The number of nitrogens with one attached hydrogen (secondary N) is 1. The normalized spacial score (nSPS) is 27.3. The summed E-state index contributed by atoms with van der Waals surface area (Å²) in [6.45, 7) is 1.91. The van der Waals surface area contributed by atoms with Crippen LogP contribution in [0.1, 0.15) is 24.8 Å². The van der Waals surface area contributed by atoms with Gasteiger partial charge in [0.25, 0.3) is 0 Å². The topological polar surface area (TPSA) is 72.8 Å². The highest BCUT2D eigenvalue weighted by molar-refractivity contribution is 6.30. The van der Waals surface area contributed by atoms with Crippen LogP contribution in [0.5, 0.6) is 0 Å². The number of carbonyl (C=O) groups is 1. The third-order valence-corrected chi connectivity index (χ3v) is 5.26. The van der Waals surface area contributed by atoms with Crippen molar-refractivity contribution in [2.75, 3.05) is 26.2 Å². The molecule has 1 saturated heterocycles. The molecule has 2 aliphatic rings. The minimum atomic E-state index is -1.15. The number of rotatable bonds is 6. The Labute approximate surface area is 147 Å². The fourth-order valence-electron chi connectivity index (χ4n) is 3.10. The zero-order chi connectivity index (χ0) is 17.2. The van der Waals surface area contributed by atoms with Crippen molar-refractivity contribution in [1.29, 1.82) is 0 Å². The lowest BCUT2D eigenvalue weighted by molar-refractivity contribution is -0.148. The van der Waals surface area contributed by atoms with Crippen LogP contribution in [0, 0.1) is 5.92 Å². The third kappa shape index (κ3) is 4.48. The summed E-state index contributed by atoms with van der Waals surface area (Å²) in [5.41, 5.74) is -0.253. The van der Waals surface area contributed by atoms with E-state index in [0.717, 1.165) is 18.0 Å². The summed E-state index contributed by atoms with van der Waals surface area (Å²) >= 11 is 5.85. The van der Waals surface area contributed by atoms with E-state index >= 15 is 0 Å². The molecule has 1 aromatic rings. The Hall–Kier alpha value is -1.14. The number of piperidine rings is 1. The average Bonchev–Trinajstić information content (AvgIpc) is 3.37. The summed E-state index contributed by atoms with van der Waals surface area (Å²) in [7, 11) is 0. The summed E-state index contributed by atoms with van der Waals surface area (Å²) in [4.78, 5) is 14.0. The number of nitrogens with zero attached hydrogens (tertiary/aromatic N) is 1. The highest BCUT2D eigenvalue weighted by Crippen LogP contribution is 2.28. The molecule has 1 aromatic carbocycles. The lowest BCUT2D eigenvalue weighted by Crippen LogP contribution is -2.60. The molecule has 0 spiro atoms. The number of halogens is 1. The minimum Gasteiger partial charge on any atom is -0.388 e. The molecule has 6 heteroatoms. The maximum atomic E-state index is 12.4. The number of hydrogen-bond donors (Lipinski definition) is 3. The third-order valence-electron chi connectivity index (χ3n) is 5.01. The molecule has 3 N–H and O–H groups in total. The second kappa shape index (κ2) is 7.40. The maximum Gasteiger partial charge on any atom is 0.227 e. The van der Waals surface area contributed by atoms with E-state index < -0.39 is 11.7 Å². The van der Waals surface area contributed by atoms with Crippen molar-refractivity contribution >= 4 is 17.5 Å². The van der Waals surface area contributed by atoms with E-state index in [1.807, 2.05) is 12.1 Å². The smallest absolute Gasteiger partial charge is 0.227 e. The van der Waals surface area contributed by atoms with Crippen LogP contribution in [0.2, 0.25) is 5.02 Å². The number of carbonyl (C=O) groups excluding carboxylic acids is 1. The molecule has 2 fully saturated rings. The van der Waals surface area contributed by atoms with Crippen molar-refractivity contribution in [3.05, 3.63) is 34.9 Å². The summed E-state index contributed by atoms with van der Waals surface area (Å²) in [6, 6.07) is 7.19. The summed E-state index contributed by atoms with van der Waals surface area (Å²) < 4.78 is 0. The lowest BCUT2D eigenvalue weighted by Gasteiger charge is -2.42. The van der Waals surface area contributed by atoms with Crippen LogP contribution < -0.4 is 5.32 Å². The van der Waals surface area contributed by atoms with Gasteiger partial charge in [0, 0.05) is 24.7 Å². The quantitative estimate of drug-likeness (QED) is 0.719. The molecule has 0 aromatic heterocycles. The first-order chi connectivity index (χ1) is 11.5. The van der Waals surface area contributed by atoms with Gasteiger partial charge >= 0.3 is 0 Å². The van der Waals surface area contributed by atoms with E-state index in [9.17, 15) is 15.0 Å². The van der Waals surface area contributed by atoms with Gasteiger partial charge in [0.05, 0.1) is 6.42 Å². The standard InChI is InChI=1S/C18H25ClN2O3/c19-15-5-3-13(4-6-15)9-17(23)21-8-7-18(24,16(22)11-21)12-20-10-14-1-2-14/h3-6,14,16,20,22,24H,1-2,7-12H2/t16-,18-/m0/s1.